The van der Waals surface area contributed by atoms with Gasteiger partial charge >= 0.3 is 12.1 Å². The van der Waals surface area contributed by atoms with Crippen molar-refractivity contribution in [2.24, 2.45) is 5.41 Å². The molecule has 2 aromatic heterocycles. The molecule has 0 aliphatic heterocycles. The van der Waals surface area contributed by atoms with Gasteiger partial charge in [-0.15, -0.1) is 0 Å². The molecule has 0 aliphatic rings. The Balaban J connectivity index is 1.98. The van der Waals surface area contributed by atoms with Gasteiger partial charge in [0.2, 0.25) is 0 Å². The van der Waals surface area contributed by atoms with E-state index in [2.05, 4.69) is 51.0 Å². The number of alkyl halides is 3. The van der Waals surface area contributed by atoms with E-state index in [4.69, 9.17) is 14.5 Å². The lowest BCUT2D eigenvalue weighted by atomic mass is 9.92. The monoisotopic (exact) mass is 502 g/mol. The van der Waals surface area contributed by atoms with Crippen molar-refractivity contribution < 1.29 is 27.4 Å². The summed E-state index contributed by atoms with van der Waals surface area (Å²) >= 11 is 0. The van der Waals surface area contributed by atoms with Gasteiger partial charge in [-0.05, 0) is 63.9 Å². The van der Waals surface area contributed by atoms with Crippen molar-refractivity contribution in [3.63, 3.8) is 0 Å². The molecule has 0 radical (unpaired) electrons. The molecule has 3 aromatic rings. The van der Waals surface area contributed by atoms with E-state index in [1.807, 2.05) is 12.1 Å². The zero-order valence-electron chi connectivity index (χ0n) is 21.4. The van der Waals surface area contributed by atoms with Crippen LogP contribution in [0.3, 0.4) is 0 Å². The highest BCUT2D eigenvalue weighted by molar-refractivity contribution is 5.88. The molecule has 0 N–H and O–H groups in total. The minimum Gasteiger partial charge on any atom is -0.492 e. The molecule has 0 bridgehead atoms. The van der Waals surface area contributed by atoms with Crippen LogP contribution in [0.5, 0.6) is 5.75 Å². The summed E-state index contributed by atoms with van der Waals surface area (Å²) in [6.07, 6.45) is -2.18. The van der Waals surface area contributed by atoms with Gasteiger partial charge in [0.25, 0.3) is 0 Å². The lowest BCUT2D eigenvalue weighted by Gasteiger charge is -2.31. The first-order chi connectivity index (χ1) is 16.9. The number of benzene rings is 1. The number of aromatic nitrogens is 2. The van der Waals surface area contributed by atoms with E-state index in [9.17, 15) is 18.0 Å². The average molecular weight is 503 g/mol. The van der Waals surface area contributed by atoms with Gasteiger partial charge in [0.05, 0.1) is 11.2 Å². The molecule has 1 aromatic carbocycles. The van der Waals surface area contributed by atoms with Crippen molar-refractivity contribution in [2.75, 3.05) is 13.2 Å². The molecule has 5 nitrogen and oxygen atoms in total. The van der Waals surface area contributed by atoms with E-state index >= 15 is 0 Å². The van der Waals surface area contributed by atoms with Gasteiger partial charge < -0.3 is 14.0 Å². The van der Waals surface area contributed by atoms with E-state index in [0.717, 1.165) is 59.4 Å². The highest BCUT2D eigenvalue weighted by Gasteiger charge is 2.53. The van der Waals surface area contributed by atoms with Crippen molar-refractivity contribution in [3.8, 4) is 17.0 Å². The van der Waals surface area contributed by atoms with E-state index in [0.29, 0.717) is 5.75 Å². The van der Waals surface area contributed by atoms with Gasteiger partial charge in [-0.3, -0.25) is 4.98 Å². The first kappa shape index (κ1) is 27.3. The summed E-state index contributed by atoms with van der Waals surface area (Å²) < 4.78 is 53.9. The largest absolute Gasteiger partial charge is 0.492 e. The molecule has 0 spiro atoms. The molecule has 2 heterocycles. The van der Waals surface area contributed by atoms with E-state index in [-0.39, 0.29) is 6.04 Å². The topological polar surface area (TPSA) is 53.4 Å². The maximum absolute atomic E-state index is 13.8. The van der Waals surface area contributed by atoms with Crippen molar-refractivity contribution >= 4 is 16.9 Å². The summed E-state index contributed by atoms with van der Waals surface area (Å²) in [7, 11) is 0. The highest BCUT2D eigenvalue weighted by Crippen LogP contribution is 2.40. The summed E-state index contributed by atoms with van der Waals surface area (Å²) in [6.45, 7) is 10.9. The zero-order valence-corrected chi connectivity index (χ0v) is 21.4. The summed E-state index contributed by atoms with van der Waals surface area (Å²) in [5, 5.41) is 0.950. The molecule has 8 heteroatoms. The van der Waals surface area contributed by atoms with Crippen LogP contribution in [-0.2, 0) is 22.4 Å². The molecular formula is C28H33F3N2O3. The van der Waals surface area contributed by atoms with Crippen molar-refractivity contribution in [2.45, 2.75) is 59.7 Å². The van der Waals surface area contributed by atoms with Crippen molar-refractivity contribution in [1.29, 1.82) is 0 Å². The number of hydrogen-bond donors (Lipinski definition) is 0. The van der Waals surface area contributed by atoms with E-state index in [1.54, 1.807) is 12.1 Å². The second kappa shape index (κ2) is 10.8. The summed E-state index contributed by atoms with van der Waals surface area (Å²) in [6, 6.07) is 11.5. The van der Waals surface area contributed by atoms with Crippen LogP contribution in [0.2, 0.25) is 0 Å². The number of fused-ring (bicyclic) bond motifs is 1. The SMILES string of the molecule is C=CC(=O)OCC(C)(COc1ccc2cc(-c3ccc(CC)nc3CC)n(C(C)C)c2c1)C(F)(F)F. The fourth-order valence-corrected chi connectivity index (χ4v) is 4.04. The maximum atomic E-state index is 13.8. The standard InChI is InChI=1S/C28H33F3N2O3/c1-7-20-11-13-22(23(8-2)32-20)25-14-19-10-12-21(15-24(19)33(25)18(4)5)35-16-27(6,28(29,30)31)17-36-26(34)9-3/h9-15,18H,3,7-8,16-17H2,1-2,4-6H3. The third-order valence-electron chi connectivity index (χ3n) is 6.28. The van der Waals surface area contributed by atoms with Gasteiger partial charge in [0.1, 0.15) is 24.4 Å². The quantitative estimate of drug-likeness (QED) is 0.219. The van der Waals surface area contributed by atoms with Crippen molar-refractivity contribution in [3.05, 3.63) is 60.4 Å². The third kappa shape index (κ3) is 5.58. The normalized spacial score (nSPS) is 13.6. The number of aryl methyl sites for hydroxylation is 2. The van der Waals surface area contributed by atoms with Gasteiger partial charge in [-0.2, -0.15) is 13.2 Å². The van der Waals surface area contributed by atoms with Gasteiger partial charge in [0.15, 0.2) is 0 Å². The van der Waals surface area contributed by atoms with Crippen LogP contribution in [0.4, 0.5) is 13.2 Å². The van der Waals surface area contributed by atoms with Crippen LogP contribution in [0.1, 0.15) is 52.0 Å². The summed E-state index contributed by atoms with van der Waals surface area (Å²) in [4.78, 5) is 16.2. The second-order valence-electron chi connectivity index (χ2n) is 9.38. The molecule has 1 atom stereocenters. The fraction of sp³-hybridized carbons (Fsp3) is 0.429. The molecule has 36 heavy (non-hydrogen) atoms. The van der Waals surface area contributed by atoms with Gasteiger partial charge in [-0.25, -0.2) is 4.79 Å². The summed E-state index contributed by atoms with van der Waals surface area (Å²) in [5.41, 5.74) is 2.55. The van der Waals surface area contributed by atoms with Crippen LogP contribution in [0.15, 0.2) is 49.1 Å². The Morgan fingerprint density at radius 3 is 2.42 bits per heavy atom. The minimum absolute atomic E-state index is 0.0852. The molecule has 0 amide bonds. The Morgan fingerprint density at radius 2 is 1.83 bits per heavy atom. The molecule has 0 saturated carbocycles. The van der Waals surface area contributed by atoms with E-state index < -0.39 is 30.8 Å². The fourth-order valence-electron chi connectivity index (χ4n) is 4.04. The number of ether oxygens (including phenoxy) is 2. The average Bonchev–Trinajstić information content (AvgIpc) is 3.23. The zero-order chi connectivity index (χ0) is 26.7. The van der Waals surface area contributed by atoms with Crippen LogP contribution in [0, 0.1) is 5.41 Å². The van der Waals surface area contributed by atoms with Crippen LogP contribution in [-0.4, -0.2) is 34.9 Å². The number of esters is 1. The predicted molar refractivity (Wildman–Crippen MR) is 135 cm³/mol. The molecule has 0 saturated heterocycles. The first-order valence-corrected chi connectivity index (χ1v) is 12.1. The number of nitrogens with zero attached hydrogens (tertiary/aromatic N) is 2. The lowest BCUT2D eigenvalue weighted by Crippen LogP contribution is -2.44. The van der Waals surface area contributed by atoms with Crippen LogP contribution < -0.4 is 4.74 Å². The Hall–Kier alpha value is -3.29. The highest BCUT2D eigenvalue weighted by atomic mass is 19.4. The summed E-state index contributed by atoms with van der Waals surface area (Å²) in [5.74, 6) is -0.614. The number of rotatable bonds is 10. The Kier molecular flexibility index (Phi) is 8.16. The first-order valence-electron chi connectivity index (χ1n) is 12.1. The molecule has 0 fully saturated rings. The third-order valence-corrected chi connectivity index (χ3v) is 6.28. The molecule has 3 rings (SSSR count). The molecule has 1 unspecified atom stereocenters. The van der Waals surface area contributed by atoms with Gasteiger partial charge in [0, 0.05) is 40.5 Å². The second-order valence-corrected chi connectivity index (χ2v) is 9.38. The van der Waals surface area contributed by atoms with Crippen LogP contribution >= 0.6 is 0 Å². The predicted octanol–water partition coefficient (Wildman–Crippen LogP) is 7.09. The Labute approximate surface area is 209 Å². The molecular weight excluding hydrogens is 469 g/mol. The number of carbonyl (C=O) groups is 1. The lowest BCUT2D eigenvalue weighted by molar-refractivity contribution is -0.240. The van der Waals surface area contributed by atoms with E-state index in [1.165, 1.54) is 0 Å². The molecule has 0 aliphatic carbocycles. The Bertz CT molecular complexity index is 1250. The van der Waals surface area contributed by atoms with Crippen LogP contribution in [0.25, 0.3) is 22.2 Å². The van der Waals surface area contributed by atoms with Gasteiger partial charge in [-0.1, -0.05) is 20.4 Å². The smallest absolute Gasteiger partial charge is 0.400 e. The number of pyridine rings is 1. The maximum Gasteiger partial charge on any atom is 0.400 e. The molecule has 194 valence electrons. The number of halogens is 3. The van der Waals surface area contributed by atoms with Crippen molar-refractivity contribution in [1.82, 2.24) is 9.55 Å². The minimum atomic E-state index is -4.64. The Morgan fingerprint density at radius 1 is 1.11 bits per heavy atom. The number of hydrogen-bond acceptors (Lipinski definition) is 4. The number of carbonyl (C=O) groups excluding carboxylic acids is 1.